The molecule has 1 fully saturated rings. The summed E-state index contributed by atoms with van der Waals surface area (Å²) in [4.78, 5) is 24.5. The molecule has 2 amide bonds. The molecule has 0 spiro atoms. The van der Waals surface area contributed by atoms with Crippen molar-refractivity contribution < 1.29 is 24.2 Å². The Hall–Kier alpha value is -2.15. The molecule has 0 radical (unpaired) electrons. The predicted octanol–water partition coefficient (Wildman–Crippen LogP) is 1.58. The lowest BCUT2D eigenvalue weighted by Crippen LogP contribution is -2.48. The number of carbonyl (C=O) groups excluding carboxylic acids is 1. The summed E-state index contributed by atoms with van der Waals surface area (Å²) in [5, 5.41) is 21.0. The maximum atomic E-state index is 13.5. The summed E-state index contributed by atoms with van der Waals surface area (Å²) in [5.74, 6) is -0.930. The summed E-state index contributed by atoms with van der Waals surface area (Å²) in [6.07, 6.45) is -0.294. The average molecular weight is 338 g/mol. The molecule has 1 heterocycles. The van der Waals surface area contributed by atoms with Crippen molar-refractivity contribution in [2.24, 2.45) is 0 Å². The van der Waals surface area contributed by atoms with Crippen LogP contribution in [0.2, 0.25) is 0 Å². The first-order valence-corrected chi connectivity index (χ1v) is 8.07. The molecule has 1 aliphatic rings. The van der Waals surface area contributed by atoms with Crippen molar-refractivity contribution in [3.63, 3.8) is 0 Å². The number of carboxylic acid groups (broad SMARTS) is 1. The van der Waals surface area contributed by atoms with Crippen molar-refractivity contribution in [2.45, 2.75) is 43.9 Å². The molecule has 3 N–H and O–H groups in total. The molecule has 2 rings (SSSR count). The average Bonchev–Trinajstić information content (AvgIpc) is 2.94. The minimum absolute atomic E-state index is 0.0476. The summed E-state index contributed by atoms with van der Waals surface area (Å²) >= 11 is 0. The molecule has 24 heavy (non-hydrogen) atoms. The number of benzene rings is 1. The molecule has 1 aliphatic heterocycles. The fourth-order valence-electron chi connectivity index (χ4n) is 2.96. The van der Waals surface area contributed by atoms with Gasteiger partial charge in [-0.25, -0.2) is 9.18 Å². The Morgan fingerprint density at radius 3 is 2.67 bits per heavy atom. The highest BCUT2D eigenvalue weighted by atomic mass is 19.1. The van der Waals surface area contributed by atoms with Gasteiger partial charge in [-0.3, -0.25) is 4.79 Å². The third-order valence-corrected chi connectivity index (χ3v) is 4.19. The lowest BCUT2D eigenvalue weighted by molar-refractivity contribution is -0.137. The van der Waals surface area contributed by atoms with E-state index in [0.717, 1.165) is 5.56 Å². The van der Waals surface area contributed by atoms with Gasteiger partial charge in [-0.2, -0.15) is 0 Å². The second-order valence-electron chi connectivity index (χ2n) is 6.09. The lowest BCUT2D eigenvalue weighted by Gasteiger charge is -2.26. The number of hydrogen-bond donors (Lipinski definition) is 3. The summed E-state index contributed by atoms with van der Waals surface area (Å²) in [6, 6.07) is 8.09. The van der Waals surface area contributed by atoms with Crippen molar-refractivity contribution in [3.05, 3.63) is 35.9 Å². The molecule has 1 aromatic carbocycles. The molecular formula is C17H23FN2O4. The van der Waals surface area contributed by atoms with E-state index in [2.05, 4.69) is 5.32 Å². The molecule has 0 aliphatic carbocycles. The monoisotopic (exact) mass is 338 g/mol. The van der Waals surface area contributed by atoms with E-state index in [1.54, 1.807) is 0 Å². The van der Waals surface area contributed by atoms with Gasteiger partial charge in [-0.1, -0.05) is 30.3 Å². The van der Waals surface area contributed by atoms with Gasteiger partial charge in [-0.15, -0.1) is 0 Å². The smallest absolute Gasteiger partial charge is 0.318 e. The van der Waals surface area contributed by atoms with Crippen LogP contribution in [-0.4, -0.2) is 58.5 Å². The zero-order valence-electron chi connectivity index (χ0n) is 13.4. The lowest BCUT2D eigenvalue weighted by atomic mass is 10.0. The Morgan fingerprint density at radius 2 is 2.04 bits per heavy atom. The van der Waals surface area contributed by atoms with Crippen LogP contribution in [0.15, 0.2) is 30.3 Å². The number of likely N-dealkylation sites (tertiary alicyclic amines) is 1. The molecule has 0 bridgehead atoms. The van der Waals surface area contributed by atoms with E-state index >= 15 is 0 Å². The Bertz CT molecular complexity index is 555. The number of hydrogen-bond acceptors (Lipinski definition) is 3. The van der Waals surface area contributed by atoms with Gasteiger partial charge >= 0.3 is 12.0 Å². The van der Waals surface area contributed by atoms with E-state index < -0.39 is 24.2 Å². The Balaban J connectivity index is 2.00. The molecule has 1 unspecified atom stereocenters. The van der Waals surface area contributed by atoms with Gasteiger partial charge in [0.05, 0.1) is 19.2 Å². The van der Waals surface area contributed by atoms with E-state index in [0.29, 0.717) is 6.42 Å². The second-order valence-corrected chi connectivity index (χ2v) is 6.09. The van der Waals surface area contributed by atoms with Gasteiger partial charge in [0.1, 0.15) is 6.17 Å². The van der Waals surface area contributed by atoms with Crippen molar-refractivity contribution in [1.29, 1.82) is 0 Å². The first-order valence-electron chi connectivity index (χ1n) is 8.07. The van der Waals surface area contributed by atoms with Gasteiger partial charge in [0, 0.05) is 18.9 Å². The van der Waals surface area contributed by atoms with Crippen LogP contribution in [0.5, 0.6) is 0 Å². The maximum Gasteiger partial charge on any atom is 0.318 e. The van der Waals surface area contributed by atoms with Crippen LogP contribution in [0, 0.1) is 0 Å². The third-order valence-electron chi connectivity index (χ3n) is 4.19. The zero-order chi connectivity index (χ0) is 17.5. The number of nitrogens with one attached hydrogen (secondary N) is 1. The third kappa shape index (κ3) is 5.19. The highest BCUT2D eigenvalue weighted by molar-refractivity contribution is 5.75. The van der Waals surface area contributed by atoms with Gasteiger partial charge in [0.25, 0.3) is 0 Å². The summed E-state index contributed by atoms with van der Waals surface area (Å²) in [7, 11) is 0. The second kappa shape index (κ2) is 8.63. The van der Waals surface area contributed by atoms with E-state index in [-0.39, 0.29) is 38.5 Å². The van der Waals surface area contributed by atoms with E-state index in [4.69, 9.17) is 5.11 Å². The quantitative estimate of drug-likeness (QED) is 0.704. The van der Waals surface area contributed by atoms with Crippen LogP contribution < -0.4 is 5.32 Å². The number of alkyl halides is 1. The van der Waals surface area contributed by atoms with E-state index in [1.165, 1.54) is 4.90 Å². The van der Waals surface area contributed by atoms with Crippen LogP contribution in [0.1, 0.15) is 24.8 Å². The Morgan fingerprint density at radius 1 is 1.33 bits per heavy atom. The topological polar surface area (TPSA) is 89.9 Å². The summed E-state index contributed by atoms with van der Waals surface area (Å²) in [6.45, 7) is -0.333. The fourth-order valence-corrected chi connectivity index (χ4v) is 2.96. The number of amides is 2. The molecule has 7 heteroatoms. The number of urea groups is 1. The first-order chi connectivity index (χ1) is 11.5. The van der Waals surface area contributed by atoms with E-state index in [9.17, 15) is 19.1 Å². The number of aliphatic hydroxyl groups excluding tert-OH is 1. The number of carboxylic acids is 1. The Kier molecular flexibility index (Phi) is 6.54. The number of carbonyl (C=O) groups is 2. The molecule has 0 aromatic heterocycles. The van der Waals surface area contributed by atoms with E-state index in [1.807, 2.05) is 30.3 Å². The van der Waals surface area contributed by atoms with Gasteiger partial charge < -0.3 is 20.4 Å². The van der Waals surface area contributed by atoms with Crippen LogP contribution >= 0.6 is 0 Å². The Labute approximate surface area is 140 Å². The normalized spacial score (nSPS) is 21.5. The predicted molar refractivity (Wildman–Crippen MR) is 86.4 cm³/mol. The maximum absolute atomic E-state index is 13.5. The zero-order valence-corrected chi connectivity index (χ0v) is 13.4. The van der Waals surface area contributed by atoms with Crippen LogP contribution in [0.4, 0.5) is 9.18 Å². The highest BCUT2D eigenvalue weighted by Gasteiger charge is 2.35. The number of nitrogens with zero attached hydrogens (tertiary/aromatic N) is 1. The van der Waals surface area contributed by atoms with Gasteiger partial charge in [0.15, 0.2) is 0 Å². The largest absolute Gasteiger partial charge is 0.481 e. The molecule has 0 saturated carbocycles. The van der Waals surface area contributed by atoms with Gasteiger partial charge in [0.2, 0.25) is 0 Å². The van der Waals surface area contributed by atoms with Crippen LogP contribution in [-0.2, 0) is 11.2 Å². The fraction of sp³-hybridized carbons (Fsp3) is 0.529. The van der Waals surface area contributed by atoms with Crippen LogP contribution in [0.25, 0.3) is 0 Å². The van der Waals surface area contributed by atoms with Crippen molar-refractivity contribution in [3.8, 4) is 0 Å². The standard InChI is InChI=1S/C17H23FN2O4/c18-13-9-15(11-21)20(10-13)17(24)19-14(6-7-16(22)23)8-12-4-2-1-3-5-12/h1-5,13-15,21H,6-11H2,(H,19,24)(H,22,23)/t13-,14?,15-/m0/s1. The molecule has 1 aromatic rings. The number of aliphatic carboxylic acids is 1. The number of rotatable bonds is 7. The highest BCUT2D eigenvalue weighted by Crippen LogP contribution is 2.20. The number of aliphatic hydroxyl groups is 1. The molecular weight excluding hydrogens is 315 g/mol. The summed E-state index contributed by atoms with van der Waals surface area (Å²) < 4.78 is 13.5. The van der Waals surface area contributed by atoms with Crippen molar-refractivity contribution in [1.82, 2.24) is 10.2 Å². The molecule has 132 valence electrons. The molecule has 3 atom stereocenters. The SMILES string of the molecule is O=C(O)CCC(Cc1ccccc1)NC(=O)N1C[C@@H](F)C[C@H]1CO. The molecule has 1 saturated heterocycles. The minimum Gasteiger partial charge on any atom is -0.481 e. The minimum atomic E-state index is -1.14. The number of halogens is 1. The molecule has 6 nitrogen and oxygen atoms in total. The van der Waals surface area contributed by atoms with Crippen LogP contribution in [0.3, 0.4) is 0 Å². The van der Waals surface area contributed by atoms with Gasteiger partial charge in [-0.05, 0) is 18.4 Å². The van der Waals surface area contributed by atoms with Crippen molar-refractivity contribution >= 4 is 12.0 Å². The first kappa shape index (κ1) is 18.2. The van der Waals surface area contributed by atoms with Crippen molar-refractivity contribution in [2.75, 3.05) is 13.2 Å². The summed E-state index contributed by atoms with van der Waals surface area (Å²) in [5.41, 5.74) is 0.983.